The number of nitrogens with zero attached hydrogens (tertiary/aromatic N) is 1. The minimum atomic E-state index is -0.351. The summed E-state index contributed by atoms with van der Waals surface area (Å²) in [5, 5.41) is 3.03. The Labute approximate surface area is 110 Å². The van der Waals surface area contributed by atoms with E-state index in [1.165, 1.54) is 25.8 Å². The van der Waals surface area contributed by atoms with Crippen molar-refractivity contribution in [1.82, 2.24) is 10.2 Å². The third-order valence-corrected chi connectivity index (χ3v) is 4.51. The highest BCUT2D eigenvalue weighted by Gasteiger charge is 2.34. The van der Waals surface area contributed by atoms with E-state index in [0.717, 1.165) is 25.6 Å². The van der Waals surface area contributed by atoms with Crippen LogP contribution in [-0.4, -0.2) is 42.5 Å². The standard InChI is InChI=1S/C14H27N3O/c1-3-10(2)13(15)14(18)16-8-11-6-7-17(9-11)12-4-5-12/h10-13H,3-9,15H2,1-2H3,(H,16,18). The summed E-state index contributed by atoms with van der Waals surface area (Å²) in [7, 11) is 0. The SMILES string of the molecule is CCC(C)C(N)C(=O)NCC1CCN(C2CC2)C1. The van der Waals surface area contributed by atoms with Gasteiger partial charge in [0.15, 0.2) is 0 Å². The molecule has 3 atom stereocenters. The van der Waals surface area contributed by atoms with Crippen molar-refractivity contribution in [3.63, 3.8) is 0 Å². The molecule has 2 fully saturated rings. The zero-order valence-corrected chi connectivity index (χ0v) is 11.7. The molecule has 1 heterocycles. The first-order valence-corrected chi connectivity index (χ1v) is 7.39. The number of likely N-dealkylation sites (tertiary alicyclic amines) is 1. The largest absolute Gasteiger partial charge is 0.354 e. The lowest BCUT2D eigenvalue weighted by Crippen LogP contribution is -2.46. The number of hydrogen-bond acceptors (Lipinski definition) is 3. The van der Waals surface area contributed by atoms with Crippen LogP contribution < -0.4 is 11.1 Å². The summed E-state index contributed by atoms with van der Waals surface area (Å²) in [4.78, 5) is 14.5. The zero-order valence-electron chi connectivity index (χ0n) is 11.7. The molecule has 0 aromatic heterocycles. The van der Waals surface area contributed by atoms with Crippen molar-refractivity contribution >= 4 is 5.91 Å². The molecule has 1 saturated heterocycles. The molecule has 3 unspecified atom stereocenters. The van der Waals surface area contributed by atoms with E-state index in [4.69, 9.17) is 5.73 Å². The van der Waals surface area contributed by atoms with Crippen molar-refractivity contribution in [2.75, 3.05) is 19.6 Å². The molecule has 1 amide bonds. The number of rotatable bonds is 6. The van der Waals surface area contributed by atoms with Gasteiger partial charge in [-0.25, -0.2) is 0 Å². The number of nitrogens with two attached hydrogens (primary N) is 1. The van der Waals surface area contributed by atoms with Gasteiger partial charge in [0.1, 0.15) is 0 Å². The summed E-state index contributed by atoms with van der Waals surface area (Å²) in [5.41, 5.74) is 5.92. The number of carbonyl (C=O) groups is 1. The molecule has 3 N–H and O–H groups in total. The molecule has 0 spiro atoms. The molecule has 104 valence electrons. The molecule has 2 rings (SSSR count). The Morgan fingerprint density at radius 2 is 2.17 bits per heavy atom. The van der Waals surface area contributed by atoms with E-state index < -0.39 is 0 Å². The smallest absolute Gasteiger partial charge is 0.237 e. The molecule has 0 aromatic carbocycles. The zero-order chi connectivity index (χ0) is 13.1. The average molecular weight is 253 g/mol. The Bertz CT molecular complexity index is 291. The summed E-state index contributed by atoms with van der Waals surface area (Å²) in [5.74, 6) is 0.907. The van der Waals surface area contributed by atoms with Crippen LogP contribution in [-0.2, 0) is 4.79 Å². The fraction of sp³-hybridized carbons (Fsp3) is 0.929. The Hall–Kier alpha value is -0.610. The van der Waals surface area contributed by atoms with Crippen LogP contribution >= 0.6 is 0 Å². The van der Waals surface area contributed by atoms with Crippen molar-refractivity contribution in [3.05, 3.63) is 0 Å². The molecule has 2 aliphatic rings. The van der Waals surface area contributed by atoms with E-state index in [9.17, 15) is 4.79 Å². The summed E-state index contributed by atoms with van der Waals surface area (Å²) in [6, 6.07) is 0.504. The normalized spacial score (nSPS) is 28.1. The first kappa shape index (κ1) is 13.8. The van der Waals surface area contributed by atoms with E-state index in [-0.39, 0.29) is 17.9 Å². The average Bonchev–Trinajstić information content (AvgIpc) is 3.13. The summed E-state index contributed by atoms with van der Waals surface area (Å²) in [6.07, 6.45) is 4.92. The molecule has 18 heavy (non-hydrogen) atoms. The van der Waals surface area contributed by atoms with Crippen LogP contribution in [0.4, 0.5) is 0 Å². The Kier molecular flexibility index (Phi) is 4.62. The van der Waals surface area contributed by atoms with Crippen molar-refractivity contribution in [3.8, 4) is 0 Å². The second kappa shape index (κ2) is 6.02. The van der Waals surface area contributed by atoms with E-state index in [0.29, 0.717) is 5.92 Å². The fourth-order valence-electron chi connectivity index (χ4n) is 2.68. The van der Waals surface area contributed by atoms with Crippen LogP contribution in [0.3, 0.4) is 0 Å². The van der Waals surface area contributed by atoms with Crippen LogP contribution in [0.15, 0.2) is 0 Å². The molecule has 1 aliphatic carbocycles. The Morgan fingerprint density at radius 1 is 1.44 bits per heavy atom. The van der Waals surface area contributed by atoms with Crippen LogP contribution in [0, 0.1) is 11.8 Å². The van der Waals surface area contributed by atoms with Gasteiger partial charge in [-0.2, -0.15) is 0 Å². The molecule has 4 heteroatoms. The maximum absolute atomic E-state index is 11.9. The van der Waals surface area contributed by atoms with Gasteiger partial charge in [0.2, 0.25) is 5.91 Å². The molecule has 1 aliphatic heterocycles. The summed E-state index contributed by atoms with van der Waals surface area (Å²) in [6.45, 7) is 7.27. The second-order valence-corrected chi connectivity index (χ2v) is 6.04. The quantitative estimate of drug-likeness (QED) is 0.741. The topological polar surface area (TPSA) is 58.4 Å². The molecular weight excluding hydrogens is 226 g/mol. The number of amides is 1. The van der Waals surface area contributed by atoms with Gasteiger partial charge in [-0.3, -0.25) is 4.79 Å². The maximum atomic E-state index is 11.9. The van der Waals surface area contributed by atoms with E-state index in [1.807, 2.05) is 6.92 Å². The summed E-state index contributed by atoms with van der Waals surface area (Å²) >= 11 is 0. The van der Waals surface area contributed by atoms with E-state index in [2.05, 4.69) is 17.1 Å². The highest BCUT2D eigenvalue weighted by Crippen LogP contribution is 2.31. The van der Waals surface area contributed by atoms with Crippen molar-refractivity contribution in [2.45, 2.75) is 51.6 Å². The minimum absolute atomic E-state index is 0.0224. The third kappa shape index (κ3) is 3.45. The van der Waals surface area contributed by atoms with Crippen LogP contribution in [0.2, 0.25) is 0 Å². The molecule has 1 saturated carbocycles. The van der Waals surface area contributed by atoms with Crippen molar-refractivity contribution < 1.29 is 4.79 Å². The predicted octanol–water partition coefficient (Wildman–Crippen LogP) is 0.960. The second-order valence-electron chi connectivity index (χ2n) is 6.04. The summed E-state index contributed by atoms with van der Waals surface area (Å²) < 4.78 is 0. The molecule has 4 nitrogen and oxygen atoms in total. The van der Waals surface area contributed by atoms with Gasteiger partial charge in [-0.05, 0) is 37.6 Å². The molecule has 0 aromatic rings. The van der Waals surface area contributed by atoms with Gasteiger partial charge in [-0.15, -0.1) is 0 Å². The third-order valence-electron chi connectivity index (χ3n) is 4.51. The van der Waals surface area contributed by atoms with Gasteiger partial charge in [0, 0.05) is 19.1 Å². The maximum Gasteiger partial charge on any atom is 0.237 e. The highest BCUT2D eigenvalue weighted by molar-refractivity contribution is 5.81. The fourth-order valence-corrected chi connectivity index (χ4v) is 2.68. The predicted molar refractivity (Wildman–Crippen MR) is 73.1 cm³/mol. The van der Waals surface area contributed by atoms with E-state index in [1.54, 1.807) is 0 Å². The van der Waals surface area contributed by atoms with Gasteiger partial charge >= 0.3 is 0 Å². The first-order valence-electron chi connectivity index (χ1n) is 7.39. The lowest BCUT2D eigenvalue weighted by atomic mass is 9.99. The van der Waals surface area contributed by atoms with Gasteiger partial charge in [-0.1, -0.05) is 20.3 Å². The van der Waals surface area contributed by atoms with Crippen molar-refractivity contribution in [1.29, 1.82) is 0 Å². The van der Waals surface area contributed by atoms with E-state index >= 15 is 0 Å². The van der Waals surface area contributed by atoms with Gasteiger partial charge in [0.25, 0.3) is 0 Å². The van der Waals surface area contributed by atoms with Crippen LogP contribution in [0.1, 0.15) is 39.5 Å². The number of nitrogens with one attached hydrogen (secondary N) is 1. The van der Waals surface area contributed by atoms with Gasteiger partial charge in [0.05, 0.1) is 6.04 Å². The van der Waals surface area contributed by atoms with Gasteiger partial charge < -0.3 is 16.0 Å². The number of hydrogen-bond donors (Lipinski definition) is 2. The molecule has 0 bridgehead atoms. The van der Waals surface area contributed by atoms with Crippen LogP contribution in [0.5, 0.6) is 0 Å². The molecular formula is C14H27N3O. The number of carbonyl (C=O) groups excluding carboxylic acids is 1. The van der Waals surface area contributed by atoms with Crippen molar-refractivity contribution in [2.24, 2.45) is 17.6 Å². The minimum Gasteiger partial charge on any atom is -0.354 e. The molecule has 0 radical (unpaired) electrons. The Morgan fingerprint density at radius 3 is 2.78 bits per heavy atom. The van der Waals surface area contributed by atoms with Crippen LogP contribution in [0.25, 0.3) is 0 Å². The monoisotopic (exact) mass is 253 g/mol. The lowest BCUT2D eigenvalue weighted by Gasteiger charge is -2.19. The first-order chi connectivity index (χ1) is 8.61. The highest BCUT2D eigenvalue weighted by atomic mass is 16.2. The Balaban J connectivity index is 1.66. The lowest BCUT2D eigenvalue weighted by molar-refractivity contribution is -0.123.